The number of rotatable bonds is 6. The Morgan fingerprint density at radius 1 is 1.05 bits per heavy atom. The molecule has 2 rings (SSSR count). The van der Waals surface area contributed by atoms with E-state index in [1.807, 2.05) is 0 Å². The monoisotopic (exact) mass is 288 g/mol. The summed E-state index contributed by atoms with van der Waals surface area (Å²) in [4.78, 5) is 24.4. The van der Waals surface area contributed by atoms with Gasteiger partial charge in [0.1, 0.15) is 17.3 Å². The van der Waals surface area contributed by atoms with Gasteiger partial charge in [-0.2, -0.15) is 0 Å². The second-order valence-corrected chi connectivity index (χ2v) is 4.48. The summed E-state index contributed by atoms with van der Waals surface area (Å²) in [6.45, 7) is 1.69. The number of benzene rings is 1. The highest BCUT2D eigenvalue weighted by molar-refractivity contribution is 6.14. The van der Waals surface area contributed by atoms with Crippen LogP contribution in [-0.4, -0.2) is 25.8 Å². The molecular formula is C16H16O5. The average Bonchev–Trinajstić information content (AvgIpc) is 2.92. The van der Waals surface area contributed by atoms with Gasteiger partial charge in [-0.15, -0.1) is 0 Å². The van der Waals surface area contributed by atoms with E-state index < -0.39 is 0 Å². The average molecular weight is 288 g/mol. The number of carbonyl (C=O) groups excluding carboxylic acids is 2. The molecule has 0 aliphatic heterocycles. The van der Waals surface area contributed by atoms with E-state index in [-0.39, 0.29) is 18.0 Å². The minimum atomic E-state index is -0.305. The zero-order valence-electron chi connectivity index (χ0n) is 12.1. The van der Waals surface area contributed by atoms with Crippen molar-refractivity contribution < 1.29 is 23.5 Å². The molecule has 2 aromatic rings. The molecule has 0 spiro atoms. The highest BCUT2D eigenvalue weighted by Gasteiger charge is 2.19. The molecule has 110 valence electrons. The standard InChI is InChI=1S/C16H16O5/c1-10-12(6-7-21-10)14(17)9-15(18)13-5-4-11(19-2)8-16(13)20-3/h4-8H,9H2,1-3H3. The van der Waals surface area contributed by atoms with Crippen LogP contribution in [0.1, 0.15) is 32.9 Å². The summed E-state index contributed by atoms with van der Waals surface area (Å²) < 4.78 is 15.3. The van der Waals surface area contributed by atoms with Crippen molar-refractivity contribution in [1.29, 1.82) is 0 Å². The number of aryl methyl sites for hydroxylation is 1. The van der Waals surface area contributed by atoms with Crippen LogP contribution in [0.3, 0.4) is 0 Å². The maximum absolute atomic E-state index is 12.3. The summed E-state index contributed by atoms with van der Waals surface area (Å²) in [5.74, 6) is 0.898. The molecule has 5 nitrogen and oxygen atoms in total. The second-order valence-electron chi connectivity index (χ2n) is 4.48. The molecule has 0 aliphatic rings. The van der Waals surface area contributed by atoms with E-state index in [9.17, 15) is 9.59 Å². The molecule has 21 heavy (non-hydrogen) atoms. The lowest BCUT2D eigenvalue weighted by Gasteiger charge is -2.09. The Morgan fingerprint density at radius 2 is 1.76 bits per heavy atom. The van der Waals surface area contributed by atoms with Crippen molar-refractivity contribution >= 4 is 11.6 Å². The Morgan fingerprint density at radius 3 is 2.33 bits per heavy atom. The zero-order chi connectivity index (χ0) is 15.4. The van der Waals surface area contributed by atoms with Crippen molar-refractivity contribution in [3.05, 3.63) is 47.4 Å². The van der Waals surface area contributed by atoms with Crippen molar-refractivity contribution in [2.24, 2.45) is 0 Å². The fraction of sp³-hybridized carbons (Fsp3) is 0.250. The van der Waals surface area contributed by atoms with Gasteiger partial charge in [0.2, 0.25) is 0 Å². The van der Waals surface area contributed by atoms with Crippen LogP contribution in [0.15, 0.2) is 34.9 Å². The third-order valence-corrected chi connectivity index (χ3v) is 3.19. The number of methoxy groups -OCH3 is 2. The third-order valence-electron chi connectivity index (χ3n) is 3.19. The summed E-state index contributed by atoms with van der Waals surface area (Å²) in [6, 6.07) is 6.43. The molecule has 5 heteroatoms. The Balaban J connectivity index is 2.21. The van der Waals surface area contributed by atoms with Gasteiger partial charge >= 0.3 is 0 Å². The van der Waals surface area contributed by atoms with Crippen LogP contribution >= 0.6 is 0 Å². The number of hydrogen-bond acceptors (Lipinski definition) is 5. The molecule has 0 unspecified atom stereocenters. The van der Waals surface area contributed by atoms with Crippen molar-refractivity contribution in [2.75, 3.05) is 14.2 Å². The number of Topliss-reactive ketones (excluding diaryl/α,β-unsaturated/α-hetero) is 2. The van der Waals surface area contributed by atoms with E-state index in [4.69, 9.17) is 13.9 Å². The van der Waals surface area contributed by atoms with Gasteiger partial charge in [-0.25, -0.2) is 0 Å². The topological polar surface area (TPSA) is 65.7 Å². The first-order valence-electron chi connectivity index (χ1n) is 6.39. The van der Waals surface area contributed by atoms with Crippen LogP contribution in [0.4, 0.5) is 0 Å². The van der Waals surface area contributed by atoms with E-state index in [2.05, 4.69) is 0 Å². The molecule has 1 aromatic carbocycles. The van der Waals surface area contributed by atoms with Gasteiger partial charge in [0.05, 0.1) is 38.0 Å². The molecule has 0 radical (unpaired) electrons. The van der Waals surface area contributed by atoms with Crippen LogP contribution in [0.2, 0.25) is 0 Å². The van der Waals surface area contributed by atoms with Crippen molar-refractivity contribution in [1.82, 2.24) is 0 Å². The van der Waals surface area contributed by atoms with Crippen LogP contribution < -0.4 is 9.47 Å². The predicted molar refractivity (Wildman–Crippen MR) is 76.3 cm³/mol. The van der Waals surface area contributed by atoms with Crippen molar-refractivity contribution in [3.8, 4) is 11.5 Å². The predicted octanol–water partition coefficient (Wildman–Crippen LogP) is 3.06. The first kappa shape index (κ1) is 14.8. The highest BCUT2D eigenvalue weighted by Crippen LogP contribution is 2.26. The largest absolute Gasteiger partial charge is 0.497 e. The minimum Gasteiger partial charge on any atom is -0.497 e. The Labute approximate surface area is 122 Å². The van der Waals surface area contributed by atoms with Crippen LogP contribution in [0.25, 0.3) is 0 Å². The van der Waals surface area contributed by atoms with Gasteiger partial charge < -0.3 is 13.9 Å². The molecule has 0 amide bonds. The van der Waals surface area contributed by atoms with Gasteiger partial charge in [-0.05, 0) is 25.1 Å². The summed E-state index contributed by atoms with van der Waals surface area (Å²) >= 11 is 0. The molecule has 0 bridgehead atoms. The van der Waals surface area contributed by atoms with Gasteiger partial charge in [0, 0.05) is 6.07 Å². The van der Waals surface area contributed by atoms with Crippen LogP contribution in [-0.2, 0) is 0 Å². The fourth-order valence-electron chi connectivity index (χ4n) is 2.04. The number of carbonyl (C=O) groups is 2. The van der Waals surface area contributed by atoms with Gasteiger partial charge in [-0.1, -0.05) is 0 Å². The summed E-state index contributed by atoms with van der Waals surface area (Å²) in [5, 5.41) is 0. The summed E-state index contributed by atoms with van der Waals surface area (Å²) in [5.41, 5.74) is 0.781. The molecular weight excluding hydrogens is 272 g/mol. The molecule has 1 aromatic heterocycles. The summed E-state index contributed by atoms with van der Waals surface area (Å²) in [6.07, 6.45) is 1.20. The lowest BCUT2D eigenvalue weighted by Crippen LogP contribution is -2.10. The maximum atomic E-state index is 12.3. The molecule has 0 saturated carbocycles. The van der Waals surface area contributed by atoms with Crippen molar-refractivity contribution in [2.45, 2.75) is 13.3 Å². The first-order valence-corrected chi connectivity index (χ1v) is 6.39. The normalized spacial score (nSPS) is 10.2. The Hall–Kier alpha value is -2.56. The first-order chi connectivity index (χ1) is 10.1. The number of ketones is 2. The van der Waals surface area contributed by atoms with Crippen LogP contribution in [0.5, 0.6) is 11.5 Å². The Bertz CT molecular complexity index is 669. The highest BCUT2D eigenvalue weighted by atomic mass is 16.5. The van der Waals surface area contributed by atoms with E-state index in [1.54, 1.807) is 31.2 Å². The number of ether oxygens (including phenoxy) is 2. The SMILES string of the molecule is COc1ccc(C(=O)CC(=O)c2ccoc2C)c(OC)c1. The molecule has 0 fully saturated rings. The fourth-order valence-corrected chi connectivity index (χ4v) is 2.04. The second kappa shape index (κ2) is 6.26. The van der Waals surface area contributed by atoms with Crippen molar-refractivity contribution in [3.63, 3.8) is 0 Å². The van der Waals surface area contributed by atoms with E-state index in [0.717, 1.165) is 0 Å². The van der Waals surface area contributed by atoms with E-state index in [0.29, 0.717) is 28.4 Å². The van der Waals surface area contributed by atoms with Gasteiger partial charge in [0.25, 0.3) is 0 Å². The summed E-state index contributed by atoms with van der Waals surface area (Å²) in [7, 11) is 3.00. The smallest absolute Gasteiger partial charge is 0.174 e. The lowest BCUT2D eigenvalue weighted by atomic mass is 10.0. The van der Waals surface area contributed by atoms with E-state index >= 15 is 0 Å². The van der Waals surface area contributed by atoms with Gasteiger partial charge in [-0.3, -0.25) is 9.59 Å². The molecule has 1 heterocycles. The lowest BCUT2D eigenvalue weighted by molar-refractivity contribution is 0.0892. The molecule has 0 N–H and O–H groups in total. The maximum Gasteiger partial charge on any atom is 0.174 e. The van der Waals surface area contributed by atoms with Gasteiger partial charge in [0.15, 0.2) is 11.6 Å². The Kier molecular flexibility index (Phi) is 4.42. The quantitative estimate of drug-likeness (QED) is 0.603. The zero-order valence-corrected chi connectivity index (χ0v) is 12.1. The number of furan rings is 1. The molecule has 0 atom stereocenters. The molecule has 0 aliphatic carbocycles. The minimum absolute atomic E-state index is 0.233. The molecule has 0 saturated heterocycles. The van der Waals surface area contributed by atoms with Crippen LogP contribution in [0, 0.1) is 6.92 Å². The van der Waals surface area contributed by atoms with E-state index in [1.165, 1.54) is 20.5 Å². The number of hydrogen-bond donors (Lipinski definition) is 0. The third kappa shape index (κ3) is 3.13.